The summed E-state index contributed by atoms with van der Waals surface area (Å²) in [6.45, 7) is 23.8. The van der Waals surface area contributed by atoms with Crippen molar-refractivity contribution in [1.82, 2.24) is 14.5 Å². The number of nitrogens with zero attached hydrogens (tertiary/aromatic N) is 3. The Bertz CT molecular complexity index is 3320. The molecule has 336 valence electrons. The van der Waals surface area contributed by atoms with Crippen molar-refractivity contribution in [2.24, 2.45) is 0 Å². The molecule has 9 aromatic rings. The summed E-state index contributed by atoms with van der Waals surface area (Å²) >= 11 is 0. The highest BCUT2D eigenvalue weighted by molar-refractivity contribution is 5.98. The maximum Gasteiger partial charge on any atom is 0.149 e. The van der Waals surface area contributed by atoms with E-state index in [2.05, 4.69) is 219 Å². The van der Waals surface area contributed by atoms with E-state index >= 15 is 0 Å². The minimum Gasteiger partial charge on any atom is -0.507 e. The Balaban J connectivity index is 1.35. The van der Waals surface area contributed by atoms with Crippen molar-refractivity contribution in [3.8, 4) is 78.6 Å². The SMILES string of the molecule is [2H]C(C)(C)c1cc(-n2c(-c3cc(C(C)(C)C)cc(C(C)(C)C)c3O)nc3c(-c4cc(-c5ccccc5)cc(-c5cc(-c6ccccc6)ccn5)c4)cccc32)ccc1-c1ccccc1C(C)(C)C. The van der Waals surface area contributed by atoms with Gasteiger partial charge in [0.1, 0.15) is 11.6 Å². The Hall–Kier alpha value is -7.04. The molecule has 0 atom stereocenters. The van der Waals surface area contributed by atoms with Gasteiger partial charge >= 0.3 is 0 Å². The van der Waals surface area contributed by atoms with Crippen LogP contribution >= 0.6 is 0 Å². The molecule has 1 N–H and O–H groups in total. The Morgan fingerprint density at radius 3 is 1.76 bits per heavy atom. The van der Waals surface area contributed by atoms with Crippen LogP contribution < -0.4 is 0 Å². The lowest BCUT2D eigenvalue weighted by molar-refractivity contribution is 0.446. The average Bonchev–Trinajstić information content (AvgIpc) is 3.70. The molecule has 0 radical (unpaired) electrons. The molecule has 0 saturated heterocycles. The molecule has 2 aromatic heterocycles. The number of hydrogen-bond donors (Lipinski definition) is 1. The van der Waals surface area contributed by atoms with Gasteiger partial charge in [0, 0.05) is 29.9 Å². The predicted molar refractivity (Wildman–Crippen MR) is 283 cm³/mol. The normalized spacial score (nSPS) is 12.7. The molecule has 0 fully saturated rings. The maximum absolute atomic E-state index is 12.6. The summed E-state index contributed by atoms with van der Waals surface area (Å²) in [4.78, 5) is 10.6. The Labute approximate surface area is 399 Å². The molecule has 0 amide bonds. The summed E-state index contributed by atoms with van der Waals surface area (Å²) in [6, 6.07) is 57.7. The highest BCUT2D eigenvalue weighted by Crippen LogP contribution is 2.46. The highest BCUT2D eigenvalue weighted by Gasteiger charge is 2.29. The molecule has 0 aliphatic carbocycles. The first-order valence-corrected chi connectivity index (χ1v) is 23.5. The van der Waals surface area contributed by atoms with Crippen LogP contribution in [0.3, 0.4) is 0 Å². The number of aromatic hydroxyl groups is 1. The van der Waals surface area contributed by atoms with Gasteiger partial charge in [-0.25, -0.2) is 4.98 Å². The van der Waals surface area contributed by atoms with Crippen LogP contribution in [-0.2, 0) is 16.2 Å². The van der Waals surface area contributed by atoms with Crippen LogP contribution in [0, 0.1) is 0 Å². The van der Waals surface area contributed by atoms with Crippen LogP contribution in [0.25, 0.3) is 83.9 Å². The van der Waals surface area contributed by atoms with Crippen molar-refractivity contribution in [1.29, 1.82) is 0 Å². The number of fused-ring (bicyclic) bond motifs is 1. The van der Waals surface area contributed by atoms with Gasteiger partial charge in [0.25, 0.3) is 0 Å². The second kappa shape index (κ2) is 17.3. The van der Waals surface area contributed by atoms with Gasteiger partial charge in [0.2, 0.25) is 0 Å². The molecule has 0 unspecified atom stereocenters. The van der Waals surface area contributed by atoms with Crippen molar-refractivity contribution < 1.29 is 6.48 Å². The molecule has 4 heteroatoms. The molecular weight excluding hydrogens is 815 g/mol. The van der Waals surface area contributed by atoms with E-state index in [0.29, 0.717) is 11.4 Å². The van der Waals surface area contributed by atoms with E-state index in [1.807, 2.05) is 32.2 Å². The van der Waals surface area contributed by atoms with Crippen molar-refractivity contribution in [2.75, 3.05) is 0 Å². The molecule has 0 bridgehead atoms. The Morgan fingerprint density at radius 2 is 1.10 bits per heavy atom. The van der Waals surface area contributed by atoms with E-state index in [1.165, 1.54) is 5.56 Å². The molecule has 4 nitrogen and oxygen atoms in total. The number of pyridine rings is 1. The number of imidazole rings is 1. The first-order chi connectivity index (χ1) is 32.2. The Morgan fingerprint density at radius 1 is 0.493 bits per heavy atom. The van der Waals surface area contributed by atoms with Crippen molar-refractivity contribution in [2.45, 2.75) is 98.3 Å². The van der Waals surface area contributed by atoms with E-state index < -0.39 is 5.89 Å². The molecule has 0 saturated carbocycles. The number of phenols is 1. The second-order valence-corrected chi connectivity index (χ2v) is 21.4. The van der Waals surface area contributed by atoms with Gasteiger partial charge in [-0.3, -0.25) is 9.55 Å². The number of para-hydroxylation sites is 1. The summed E-state index contributed by atoms with van der Waals surface area (Å²) in [5, 5.41) is 12.6. The lowest BCUT2D eigenvalue weighted by Gasteiger charge is -2.28. The zero-order valence-corrected chi connectivity index (χ0v) is 41.0. The van der Waals surface area contributed by atoms with E-state index in [4.69, 9.17) is 9.97 Å². The van der Waals surface area contributed by atoms with Gasteiger partial charge in [-0.15, -0.1) is 0 Å². The fourth-order valence-electron chi connectivity index (χ4n) is 9.40. The molecular formula is C63H63N3O. The number of benzene rings is 7. The van der Waals surface area contributed by atoms with Crippen LogP contribution in [0.4, 0.5) is 0 Å². The number of phenolic OH excluding ortho intramolecular Hbond substituents is 1. The fraction of sp³-hybridized carbons (Fsp3) is 0.238. The molecule has 0 spiro atoms. The van der Waals surface area contributed by atoms with Crippen LogP contribution in [0.1, 0.15) is 106 Å². The fourth-order valence-corrected chi connectivity index (χ4v) is 9.40. The largest absolute Gasteiger partial charge is 0.507 e. The van der Waals surface area contributed by atoms with E-state index in [0.717, 1.165) is 89.2 Å². The number of hydrogen-bond acceptors (Lipinski definition) is 3. The molecule has 0 aliphatic rings. The topological polar surface area (TPSA) is 50.9 Å². The quantitative estimate of drug-likeness (QED) is 0.165. The third-order valence-corrected chi connectivity index (χ3v) is 13.0. The first-order valence-electron chi connectivity index (χ1n) is 24.0. The van der Waals surface area contributed by atoms with Gasteiger partial charge in [-0.05, 0) is 132 Å². The minimum atomic E-state index is -0.953. The molecule has 2 heterocycles. The lowest BCUT2D eigenvalue weighted by atomic mass is 9.79. The van der Waals surface area contributed by atoms with Crippen molar-refractivity contribution in [3.05, 3.63) is 192 Å². The molecule has 0 aliphatic heterocycles. The monoisotopic (exact) mass is 879 g/mol. The summed E-state index contributed by atoms with van der Waals surface area (Å²) < 4.78 is 11.8. The van der Waals surface area contributed by atoms with Crippen LogP contribution in [0.15, 0.2) is 170 Å². The van der Waals surface area contributed by atoms with Crippen molar-refractivity contribution in [3.63, 3.8) is 0 Å². The van der Waals surface area contributed by atoms with E-state index in [1.54, 1.807) is 0 Å². The van der Waals surface area contributed by atoms with Crippen molar-refractivity contribution >= 4 is 11.0 Å². The first kappa shape index (κ1) is 43.8. The molecule has 67 heavy (non-hydrogen) atoms. The minimum absolute atomic E-state index is 0.110. The summed E-state index contributed by atoms with van der Waals surface area (Å²) in [5.41, 5.74) is 17.1. The van der Waals surface area contributed by atoms with Gasteiger partial charge in [-0.1, -0.05) is 185 Å². The van der Waals surface area contributed by atoms with Crippen LogP contribution in [-0.4, -0.2) is 19.6 Å². The van der Waals surface area contributed by atoms with Gasteiger partial charge < -0.3 is 5.11 Å². The maximum atomic E-state index is 12.6. The average molecular weight is 879 g/mol. The standard InChI is InChI=1S/C63H63N3O/c1-40(2)52-39-48(29-30-50(52)51-25-18-19-27-54(51)62(6,7)8)66-57-28-20-26-49(58(57)65-60(66)53-37-47(61(3,4)5)38-55(59(53)67)63(9,10)11)45-33-44(42-23-16-13-17-24-42)34-46(35-45)56-36-43(31-32-64-56)41-21-14-12-15-22-41/h12-40,67H,1-11H3/i40D. The third kappa shape index (κ3) is 8.86. The summed E-state index contributed by atoms with van der Waals surface area (Å²) in [5.74, 6) is -0.0980. The predicted octanol–water partition coefficient (Wildman–Crippen LogP) is 17.1. The van der Waals surface area contributed by atoms with E-state index in [-0.39, 0.29) is 22.0 Å². The summed E-state index contributed by atoms with van der Waals surface area (Å²) in [7, 11) is 0. The number of rotatable bonds is 8. The lowest BCUT2D eigenvalue weighted by Crippen LogP contribution is -2.17. The number of aromatic nitrogens is 3. The highest BCUT2D eigenvalue weighted by atomic mass is 16.3. The molecule has 7 aromatic carbocycles. The van der Waals surface area contributed by atoms with Gasteiger partial charge in [0.05, 0.1) is 22.3 Å². The van der Waals surface area contributed by atoms with Gasteiger partial charge in [-0.2, -0.15) is 0 Å². The van der Waals surface area contributed by atoms with Crippen LogP contribution in [0.5, 0.6) is 5.75 Å². The van der Waals surface area contributed by atoms with Crippen LogP contribution in [0.2, 0.25) is 0 Å². The third-order valence-electron chi connectivity index (χ3n) is 13.0. The smallest absolute Gasteiger partial charge is 0.149 e. The molecule has 9 rings (SSSR count). The zero-order valence-electron chi connectivity index (χ0n) is 42.0. The van der Waals surface area contributed by atoms with E-state index in [9.17, 15) is 6.48 Å². The zero-order chi connectivity index (χ0) is 48.3. The Kier molecular flexibility index (Phi) is 11.3. The van der Waals surface area contributed by atoms with Gasteiger partial charge in [0.15, 0.2) is 0 Å². The second-order valence-electron chi connectivity index (χ2n) is 21.4. The summed E-state index contributed by atoms with van der Waals surface area (Å²) in [6.07, 6.45) is 1.89.